The first-order chi connectivity index (χ1) is 7.66. The number of hydrogen-bond donors (Lipinski definition) is 0. The highest BCUT2D eigenvalue weighted by molar-refractivity contribution is 7.99. The van der Waals surface area contributed by atoms with Crippen LogP contribution in [0.3, 0.4) is 0 Å². The third-order valence-electron chi connectivity index (χ3n) is 2.76. The average molecular weight is 233 g/mol. The van der Waals surface area contributed by atoms with Gasteiger partial charge in [0.2, 0.25) is 0 Å². The molecule has 0 saturated heterocycles. The Morgan fingerprint density at radius 3 is 3.00 bits per heavy atom. The van der Waals surface area contributed by atoms with Gasteiger partial charge in [-0.2, -0.15) is 0 Å². The lowest BCUT2D eigenvalue weighted by molar-refractivity contribution is 0.666. The van der Waals surface area contributed by atoms with Gasteiger partial charge in [0.15, 0.2) is 10.8 Å². The van der Waals surface area contributed by atoms with Crippen LogP contribution in [0.1, 0.15) is 11.3 Å². The van der Waals surface area contributed by atoms with Crippen LogP contribution in [0, 0.1) is 13.8 Å². The summed E-state index contributed by atoms with van der Waals surface area (Å²) in [5.41, 5.74) is 2.51. The molecule has 82 valence electrons. The van der Waals surface area contributed by atoms with Crippen molar-refractivity contribution in [3.8, 4) is 0 Å². The summed E-state index contributed by atoms with van der Waals surface area (Å²) < 4.78 is 1.75. The predicted molar refractivity (Wildman–Crippen MR) is 64.0 cm³/mol. The zero-order chi connectivity index (χ0) is 11.3. The van der Waals surface area contributed by atoms with Gasteiger partial charge in [-0.15, -0.1) is 0 Å². The molecule has 0 unspecified atom stereocenters. The van der Waals surface area contributed by atoms with Gasteiger partial charge in [-0.05, 0) is 25.5 Å². The molecule has 3 rings (SSSR count). The second-order valence-corrected chi connectivity index (χ2v) is 5.04. The van der Waals surface area contributed by atoms with Crippen LogP contribution in [0.4, 0.5) is 0 Å². The number of nitrogens with zero attached hydrogens (tertiary/aromatic N) is 3. The Balaban J connectivity index is 2.51. The first-order valence-electron chi connectivity index (χ1n) is 5.18. The number of hydrogen-bond acceptors (Lipinski definition) is 4. The lowest BCUT2D eigenvalue weighted by Crippen LogP contribution is -2.21. The minimum atomic E-state index is 0.0509. The van der Waals surface area contributed by atoms with Crippen LogP contribution in [0.15, 0.2) is 16.0 Å². The number of rotatable bonds is 0. The van der Waals surface area contributed by atoms with Crippen LogP contribution in [-0.4, -0.2) is 20.3 Å². The van der Waals surface area contributed by atoms with Crippen molar-refractivity contribution in [2.24, 2.45) is 0 Å². The Kier molecular flexibility index (Phi) is 2.04. The molecule has 16 heavy (non-hydrogen) atoms. The zero-order valence-corrected chi connectivity index (χ0v) is 9.97. The molecule has 0 spiro atoms. The van der Waals surface area contributed by atoms with E-state index in [1.54, 1.807) is 16.3 Å². The minimum absolute atomic E-state index is 0.0509. The second kappa shape index (κ2) is 3.31. The monoisotopic (exact) mass is 233 g/mol. The highest BCUT2D eigenvalue weighted by Crippen LogP contribution is 2.23. The third-order valence-corrected chi connectivity index (χ3v) is 3.72. The van der Waals surface area contributed by atoms with E-state index in [4.69, 9.17) is 0 Å². The van der Waals surface area contributed by atoms with Gasteiger partial charge < -0.3 is 0 Å². The highest BCUT2D eigenvalue weighted by Gasteiger charge is 2.18. The van der Waals surface area contributed by atoms with Crippen molar-refractivity contribution >= 4 is 22.8 Å². The number of fused-ring (bicyclic) bond motifs is 2. The maximum absolute atomic E-state index is 12.2. The Hall–Kier alpha value is -1.36. The largest absolute Gasteiger partial charge is 0.286 e. The maximum atomic E-state index is 12.2. The Morgan fingerprint density at radius 1 is 1.38 bits per heavy atom. The zero-order valence-electron chi connectivity index (χ0n) is 9.15. The van der Waals surface area contributed by atoms with Gasteiger partial charge in [0.25, 0.3) is 5.56 Å². The molecule has 0 bridgehead atoms. The number of thioether (sulfide) groups is 1. The van der Waals surface area contributed by atoms with Gasteiger partial charge in [-0.3, -0.25) is 9.36 Å². The molecule has 1 aliphatic heterocycles. The molecule has 0 fully saturated rings. The normalized spacial score (nSPS) is 14.4. The summed E-state index contributed by atoms with van der Waals surface area (Å²) in [6, 6.07) is 1.93. The van der Waals surface area contributed by atoms with Crippen LogP contribution < -0.4 is 5.56 Å². The van der Waals surface area contributed by atoms with Crippen molar-refractivity contribution < 1.29 is 0 Å². The van der Waals surface area contributed by atoms with Crippen LogP contribution in [-0.2, 0) is 6.54 Å². The summed E-state index contributed by atoms with van der Waals surface area (Å²) in [7, 11) is 0. The molecule has 0 aromatic carbocycles. The molecule has 0 aliphatic carbocycles. The van der Waals surface area contributed by atoms with E-state index in [2.05, 4.69) is 9.97 Å². The molecule has 0 N–H and O–H groups in total. The van der Waals surface area contributed by atoms with Crippen molar-refractivity contribution in [3.63, 3.8) is 0 Å². The molecular weight excluding hydrogens is 222 g/mol. The van der Waals surface area contributed by atoms with Crippen LogP contribution >= 0.6 is 11.8 Å². The van der Waals surface area contributed by atoms with Crippen LogP contribution in [0.2, 0.25) is 0 Å². The fraction of sp³-hybridized carbons (Fsp3) is 0.364. The highest BCUT2D eigenvalue weighted by atomic mass is 32.2. The fourth-order valence-corrected chi connectivity index (χ4v) is 3.01. The molecule has 5 heteroatoms. The smallest absolute Gasteiger partial charge is 0.263 e. The van der Waals surface area contributed by atoms with E-state index in [1.807, 2.05) is 19.9 Å². The summed E-state index contributed by atoms with van der Waals surface area (Å²) in [6.07, 6.45) is 0. The number of pyridine rings is 1. The van der Waals surface area contributed by atoms with E-state index < -0.39 is 0 Å². The second-order valence-electron chi connectivity index (χ2n) is 3.98. The summed E-state index contributed by atoms with van der Waals surface area (Å²) in [5, 5.41) is 1.46. The lowest BCUT2D eigenvalue weighted by Gasteiger charge is -2.06. The Bertz CT molecular complexity index is 648. The molecule has 0 saturated carbocycles. The van der Waals surface area contributed by atoms with Gasteiger partial charge in [0, 0.05) is 18.0 Å². The van der Waals surface area contributed by atoms with E-state index in [1.165, 1.54) is 0 Å². The molecule has 1 aliphatic rings. The van der Waals surface area contributed by atoms with Crippen molar-refractivity contribution in [1.82, 2.24) is 14.5 Å². The number of aromatic nitrogens is 3. The van der Waals surface area contributed by atoms with Crippen molar-refractivity contribution in [2.75, 3.05) is 5.75 Å². The minimum Gasteiger partial charge on any atom is -0.286 e. The van der Waals surface area contributed by atoms with Crippen LogP contribution in [0.5, 0.6) is 0 Å². The topological polar surface area (TPSA) is 47.8 Å². The van der Waals surface area contributed by atoms with Gasteiger partial charge >= 0.3 is 0 Å². The SMILES string of the molecule is Cc1cc(C)c2c(=O)n3c(nc2n1)SCC3. The van der Waals surface area contributed by atoms with E-state index in [0.717, 1.165) is 28.7 Å². The molecule has 2 aromatic rings. The first-order valence-corrected chi connectivity index (χ1v) is 6.17. The van der Waals surface area contributed by atoms with Gasteiger partial charge in [-0.25, -0.2) is 9.97 Å². The van der Waals surface area contributed by atoms with Crippen LogP contribution in [0.25, 0.3) is 11.0 Å². The lowest BCUT2D eigenvalue weighted by atomic mass is 10.2. The standard InChI is InChI=1S/C11H11N3OS/c1-6-5-7(2)12-9-8(6)10(15)14-3-4-16-11(14)13-9/h5H,3-4H2,1-2H3. The molecule has 2 aromatic heterocycles. The Morgan fingerprint density at radius 2 is 2.19 bits per heavy atom. The quantitative estimate of drug-likeness (QED) is 0.647. The molecular formula is C11H11N3OS. The third kappa shape index (κ3) is 1.28. The van der Waals surface area contributed by atoms with Gasteiger partial charge in [0.1, 0.15) is 0 Å². The maximum Gasteiger partial charge on any atom is 0.263 e. The molecule has 0 amide bonds. The Labute approximate surface area is 96.7 Å². The molecule has 0 radical (unpaired) electrons. The summed E-state index contributed by atoms with van der Waals surface area (Å²) in [4.78, 5) is 21.0. The fourth-order valence-electron chi connectivity index (χ4n) is 2.07. The first kappa shape index (κ1) is 9.84. The van der Waals surface area contributed by atoms with Gasteiger partial charge in [0.05, 0.1) is 5.39 Å². The van der Waals surface area contributed by atoms with E-state index in [-0.39, 0.29) is 5.56 Å². The van der Waals surface area contributed by atoms with Crippen molar-refractivity contribution in [2.45, 2.75) is 25.5 Å². The summed E-state index contributed by atoms with van der Waals surface area (Å²) >= 11 is 1.62. The van der Waals surface area contributed by atoms with E-state index in [9.17, 15) is 4.79 Å². The summed E-state index contributed by atoms with van der Waals surface area (Å²) in [5.74, 6) is 0.927. The average Bonchev–Trinajstić information content (AvgIpc) is 2.64. The van der Waals surface area contributed by atoms with Gasteiger partial charge in [-0.1, -0.05) is 11.8 Å². The number of aryl methyl sites for hydroxylation is 2. The van der Waals surface area contributed by atoms with E-state index in [0.29, 0.717) is 11.0 Å². The summed E-state index contributed by atoms with van der Waals surface area (Å²) in [6.45, 7) is 4.62. The molecule has 4 nitrogen and oxygen atoms in total. The predicted octanol–water partition coefficient (Wildman–Crippen LogP) is 1.51. The molecule has 0 atom stereocenters. The van der Waals surface area contributed by atoms with Crippen molar-refractivity contribution in [3.05, 3.63) is 27.7 Å². The van der Waals surface area contributed by atoms with E-state index >= 15 is 0 Å². The molecule has 3 heterocycles. The van der Waals surface area contributed by atoms with Crippen molar-refractivity contribution in [1.29, 1.82) is 0 Å².